The number of carbonyl (C=O) groups is 2. The number of aryl methyl sites for hydroxylation is 1. The summed E-state index contributed by atoms with van der Waals surface area (Å²) in [5, 5.41) is 11.7. The van der Waals surface area contributed by atoms with E-state index in [4.69, 9.17) is 14.2 Å². The molecule has 1 aliphatic heterocycles. The number of aliphatic hydroxyl groups excluding tert-OH is 1. The molecule has 1 atom stereocenters. The van der Waals surface area contributed by atoms with Gasteiger partial charge in [-0.1, -0.05) is 32.0 Å². The zero-order valence-electron chi connectivity index (χ0n) is 24.2. The van der Waals surface area contributed by atoms with Gasteiger partial charge in [0.05, 0.1) is 31.9 Å². The van der Waals surface area contributed by atoms with Crippen molar-refractivity contribution in [3.8, 4) is 17.2 Å². The molecule has 1 aliphatic rings. The molecular weight excluding hydrogens is 506 g/mol. The highest BCUT2D eigenvalue weighted by molar-refractivity contribution is 6.51. The van der Waals surface area contributed by atoms with Crippen LogP contribution in [0.5, 0.6) is 17.2 Å². The van der Waals surface area contributed by atoms with E-state index in [0.29, 0.717) is 41.5 Å². The van der Waals surface area contributed by atoms with Gasteiger partial charge in [0.25, 0.3) is 11.7 Å². The van der Waals surface area contributed by atoms with Gasteiger partial charge in [-0.25, -0.2) is 0 Å². The highest BCUT2D eigenvalue weighted by Crippen LogP contribution is 2.45. The van der Waals surface area contributed by atoms with Crippen molar-refractivity contribution < 1.29 is 28.9 Å². The van der Waals surface area contributed by atoms with Crippen molar-refractivity contribution in [2.45, 2.75) is 53.5 Å². The van der Waals surface area contributed by atoms with Crippen LogP contribution in [0.2, 0.25) is 0 Å². The Labute approximate surface area is 236 Å². The van der Waals surface area contributed by atoms with Gasteiger partial charge >= 0.3 is 0 Å². The minimum absolute atomic E-state index is 0.0115. The predicted molar refractivity (Wildman–Crippen MR) is 157 cm³/mol. The fraction of sp³-hybridized carbons (Fsp3) is 0.333. The number of nitrogens with zero attached hydrogens (tertiary/aromatic N) is 1. The van der Waals surface area contributed by atoms with Crippen LogP contribution >= 0.6 is 0 Å². The molecule has 3 aromatic carbocycles. The number of anilines is 1. The molecule has 4 rings (SSSR count). The third kappa shape index (κ3) is 5.16. The van der Waals surface area contributed by atoms with Crippen LogP contribution in [0.25, 0.3) is 5.76 Å². The molecule has 0 spiro atoms. The Balaban J connectivity index is 1.99. The van der Waals surface area contributed by atoms with Crippen molar-refractivity contribution in [1.82, 2.24) is 0 Å². The highest BCUT2D eigenvalue weighted by atomic mass is 16.5. The van der Waals surface area contributed by atoms with Crippen LogP contribution in [0.15, 0.2) is 60.2 Å². The molecule has 0 bridgehead atoms. The molecule has 3 aromatic rings. The lowest BCUT2D eigenvalue weighted by Crippen LogP contribution is -2.30. The smallest absolute Gasteiger partial charge is 0.300 e. The number of rotatable bonds is 9. The number of ether oxygens (including phenoxy) is 3. The first-order valence-electron chi connectivity index (χ1n) is 13.6. The second-order valence-electron chi connectivity index (χ2n) is 10.1. The van der Waals surface area contributed by atoms with Crippen LogP contribution < -0.4 is 19.1 Å². The van der Waals surface area contributed by atoms with Crippen molar-refractivity contribution in [1.29, 1.82) is 0 Å². The third-order valence-corrected chi connectivity index (χ3v) is 7.29. The van der Waals surface area contributed by atoms with Crippen molar-refractivity contribution in [3.63, 3.8) is 0 Å². The second kappa shape index (κ2) is 11.9. The Bertz CT molecular complexity index is 1470. The van der Waals surface area contributed by atoms with Gasteiger partial charge in [-0.05, 0) is 92.3 Å². The maximum absolute atomic E-state index is 13.7. The molecule has 7 nitrogen and oxygen atoms in total. The van der Waals surface area contributed by atoms with Gasteiger partial charge in [0.1, 0.15) is 11.5 Å². The summed E-state index contributed by atoms with van der Waals surface area (Å²) in [6.07, 6.45) is 0. The lowest BCUT2D eigenvalue weighted by molar-refractivity contribution is -0.132. The fourth-order valence-electron chi connectivity index (χ4n) is 5.11. The van der Waals surface area contributed by atoms with Crippen molar-refractivity contribution >= 4 is 23.1 Å². The first-order valence-corrected chi connectivity index (χ1v) is 13.6. The first kappa shape index (κ1) is 28.7. The lowest BCUT2D eigenvalue weighted by Gasteiger charge is -2.28. The van der Waals surface area contributed by atoms with Gasteiger partial charge in [-0.2, -0.15) is 0 Å². The van der Waals surface area contributed by atoms with E-state index in [1.54, 1.807) is 37.4 Å². The molecule has 1 N–H and O–H groups in total. The Morgan fingerprint density at radius 1 is 0.925 bits per heavy atom. The lowest BCUT2D eigenvalue weighted by atomic mass is 9.92. The summed E-state index contributed by atoms with van der Waals surface area (Å²) in [7, 11) is 1.55. The minimum Gasteiger partial charge on any atom is -0.507 e. The summed E-state index contributed by atoms with van der Waals surface area (Å²) < 4.78 is 17.1. The SMILES string of the molecule is CCOc1cc(C2/C(=C(\O)c3ccc(OCC)c(C(C)C)c3)C(=O)C(=O)N2c2cccc(C)c2C)ccc1OC. The standard InChI is InChI=1S/C33H37NO6/c1-8-39-26-15-14-23(17-24(26)19(3)4)31(35)29-30(22-13-16-27(38-7)28(18-22)40-9-2)34(33(37)32(29)36)25-12-10-11-20(5)21(25)6/h10-19,30,35H,8-9H2,1-7H3/b31-29+. The van der Waals surface area contributed by atoms with Gasteiger partial charge in [-0.15, -0.1) is 0 Å². The Morgan fingerprint density at radius 3 is 2.25 bits per heavy atom. The van der Waals surface area contributed by atoms with E-state index in [1.807, 2.05) is 65.8 Å². The third-order valence-electron chi connectivity index (χ3n) is 7.29. The quantitative estimate of drug-likeness (QED) is 0.180. The molecule has 1 amide bonds. The van der Waals surface area contributed by atoms with Crippen LogP contribution in [0, 0.1) is 13.8 Å². The summed E-state index contributed by atoms with van der Waals surface area (Å²) in [4.78, 5) is 28.9. The molecule has 1 fully saturated rings. The van der Waals surface area contributed by atoms with Crippen molar-refractivity contribution in [3.05, 3.63) is 88.0 Å². The predicted octanol–water partition coefficient (Wildman–Crippen LogP) is 6.86. The van der Waals surface area contributed by atoms with E-state index in [2.05, 4.69) is 0 Å². The summed E-state index contributed by atoms with van der Waals surface area (Å²) in [6, 6.07) is 15.4. The number of ketones is 1. The zero-order chi connectivity index (χ0) is 29.1. The molecule has 7 heteroatoms. The van der Waals surface area contributed by atoms with E-state index in [9.17, 15) is 14.7 Å². The minimum atomic E-state index is -0.889. The van der Waals surface area contributed by atoms with E-state index in [0.717, 1.165) is 22.4 Å². The van der Waals surface area contributed by atoms with Crippen LogP contribution in [-0.4, -0.2) is 37.1 Å². The molecule has 0 aromatic heterocycles. The van der Waals surface area contributed by atoms with Gasteiger partial charge in [0, 0.05) is 11.3 Å². The summed E-state index contributed by atoms with van der Waals surface area (Å²) in [6.45, 7) is 12.6. The number of carbonyl (C=O) groups excluding carboxylic acids is 2. The van der Waals surface area contributed by atoms with E-state index < -0.39 is 17.7 Å². The monoisotopic (exact) mass is 543 g/mol. The van der Waals surface area contributed by atoms with Crippen LogP contribution in [0.4, 0.5) is 5.69 Å². The maximum Gasteiger partial charge on any atom is 0.300 e. The van der Waals surface area contributed by atoms with E-state index >= 15 is 0 Å². The molecule has 1 heterocycles. The molecule has 0 saturated carbocycles. The van der Waals surface area contributed by atoms with Gasteiger partial charge in [-0.3, -0.25) is 14.5 Å². The average molecular weight is 544 g/mol. The number of methoxy groups -OCH3 is 1. The summed E-state index contributed by atoms with van der Waals surface area (Å²) >= 11 is 0. The van der Waals surface area contributed by atoms with Gasteiger partial charge < -0.3 is 19.3 Å². The number of benzene rings is 3. The molecule has 0 aliphatic carbocycles. The van der Waals surface area contributed by atoms with Crippen LogP contribution in [0.3, 0.4) is 0 Å². The first-order chi connectivity index (χ1) is 19.1. The van der Waals surface area contributed by atoms with Crippen LogP contribution in [-0.2, 0) is 9.59 Å². The number of aliphatic hydroxyl groups is 1. The van der Waals surface area contributed by atoms with Crippen molar-refractivity contribution in [2.75, 3.05) is 25.2 Å². The molecule has 1 saturated heterocycles. The average Bonchev–Trinajstić information content (AvgIpc) is 3.20. The zero-order valence-corrected chi connectivity index (χ0v) is 24.2. The highest BCUT2D eigenvalue weighted by Gasteiger charge is 2.47. The number of amides is 1. The molecule has 40 heavy (non-hydrogen) atoms. The number of Topliss-reactive ketones (excluding diaryl/α,β-unsaturated/α-hetero) is 1. The maximum atomic E-state index is 13.7. The molecule has 210 valence electrons. The second-order valence-corrected chi connectivity index (χ2v) is 10.1. The molecular formula is C33H37NO6. The van der Waals surface area contributed by atoms with Gasteiger partial charge in [0.15, 0.2) is 11.5 Å². The fourth-order valence-corrected chi connectivity index (χ4v) is 5.11. The number of hydrogen-bond donors (Lipinski definition) is 1. The van der Waals surface area contributed by atoms with Crippen LogP contribution in [0.1, 0.15) is 67.5 Å². The summed E-state index contributed by atoms with van der Waals surface area (Å²) in [5.74, 6) is 0.145. The number of hydrogen-bond acceptors (Lipinski definition) is 6. The molecule has 0 radical (unpaired) electrons. The van der Waals surface area contributed by atoms with Gasteiger partial charge in [0.2, 0.25) is 0 Å². The van der Waals surface area contributed by atoms with Crippen molar-refractivity contribution in [2.24, 2.45) is 0 Å². The normalized spacial score (nSPS) is 16.5. The Hall–Kier alpha value is -4.26. The largest absolute Gasteiger partial charge is 0.507 e. The van der Waals surface area contributed by atoms with E-state index in [-0.39, 0.29) is 17.3 Å². The Morgan fingerprint density at radius 2 is 1.60 bits per heavy atom. The molecule has 1 unspecified atom stereocenters. The summed E-state index contributed by atoms with van der Waals surface area (Å²) in [5.41, 5.74) is 4.42. The van der Waals surface area contributed by atoms with E-state index in [1.165, 1.54) is 4.90 Å². The topological polar surface area (TPSA) is 85.3 Å². The Kier molecular flexibility index (Phi) is 8.52.